The van der Waals surface area contributed by atoms with Crippen LogP contribution < -0.4 is 5.73 Å². The molecule has 0 unspecified atom stereocenters. The Hall–Kier alpha value is -3.23. The van der Waals surface area contributed by atoms with Crippen molar-refractivity contribution in [1.82, 2.24) is 34.7 Å². The number of aromatic amines is 1. The predicted molar refractivity (Wildman–Crippen MR) is 83.6 cm³/mol. The number of nitrogens with one attached hydrogen (secondary N) is 1. The molecule has 9 heteroatoms. The van der Waals surface area contributed by atoms with E-state index in [1.807, 2.05) is 0 Å². The van der Waals surface area contributed by atoms with Gasteiger partial charge in [0.15, 0.2) is 0 Å². The van der Waals surface area contributed by atoms with Gasteiger partial charge in [-0.1, -0.05) is 5.21 Å². The zero-order valence-corrected chi connectivity index (χ0v) is 11.8. The highest BCUT2D eigenvalue weighted by Crippen LogP contribution is 2.29. The molecule has 3 N–H and O–H groups in total. The molecule has 0 aliphatic carbocycles. The fraction of sp³-hybridized carbons (Fsp3) is 0.214. The molecule has 23 heavy (non-hydrogen) atoms. The lowest BCUT2D eigenvalue weighted by Crippen LogP contribution is -2.16. The number of H-pyrrole nitrogens is 1. The maximum atomic E-state index is 11.9. The largest absolute Gasteiger partial charge is 0.364 e. The van der Waals surface area contributed by atoms with Gasteiger partial charge >= 0.3 is 0 Å². The van der Waals surface area contributed by atoms with Crippen LogP contribution in [0.15, 0.2) is 12.3 Å². The Morgan fingerprint density at radius 3 is 3.00 bits per heavy atom. The molecular formula is C14H14N8O. The topological polar surface area (TPSA) is 120 Å². The van der Waals surface area contributed by atoms with E-state index in [0.717, 1.165) is 0 Å². The first-order valence-corrected chi connectivity index (χ1v) is 6.51. The van der Waals surface area contributed by atoms with Crippen molar-refractivity contribution >= 4 is 28.0 Å². The molecular weight excluding hydrogens is 296 g/mol. The fourth-order valence-electron chi connectivity index (χ4n) is 2.62. The molecule has 0 aromatic carbocycles. The van der Waals surface area contributed by atoms with E-state index in [1.54, 1.807) is 13.1 Å². The van der Waals surface area contributed by atoms with Gasteiger partial charge in [0, 0.05) is 34.0 Å². The quantitative estimate of drug-likeness (QED) is 0.562. The number of aryl methyl sites for hydroxylation is 3. The highest BCUT2D eigenvalue weighted by molar-refractivity contribution is 6.11. The average Bonchev–Trinajstić information content (AvgIpc) is 3.23. The second kappa shape index (κ2) is 4.38. The summed E-state index contributed by atoms with van der Waals surface area (Å²) in [6, 6.07) is 1.60. The van der Waals surface area contributed by atoms with Crippen molar-refractivity contribution in [1.29, 1.82) is 0 Å². The van der Waals surface area contributed by atoms with Crippen molar-refractivity contribution in [3.8, 4) is 11.3 Å². The van der Waals surface area contributed by atoms with E-state index < -0.39 is 19.7 Å². The Morgan fingerprint density at radius 2 is 2.26 bits per heavy atom. The Kier molecular flexibility index (Phi) is 1.60. The minimum atomic E-state index is -2.70. The monoisotopic (exact) mass is 316 g/mol. The molecule has 0 radical (unpaired) electrons. The van der Waals surface area contributed by atoms with Gasteiger partial charge in [0.1, 0.15) is 22.2 Å². The van der Waals surface area contributed by atoms with E-state index in [9.17, 15) is 4.79 Å². The van der Waals surface area contributed by atoms with Crippen molar-refractivity contribution in [2.75, 3.05) is 0 Å². The molecule has 0 aliphatic heterocycles. The number of aromatic nitrogens is 7. The summed E-state index contributed by atoms with van der Waals surface area (Å²) in [7, 11) is 1.55. The minimum absolute atomic E-state index is 0.132. The molecule has 116 valence electrons. The molecule has 0 bridgehead atoms. The molecule has 0 spiro atoms. The van der Waals surface area contributed by atoms with Gasteiger partial charge in [-0.15, -0.1) is 5.10 Å². The second-order valence-electron chi connectivity index (χ2n) is 5.00. The molecule has 0 fully saturated rings. The van der Waals surface area contributed by atoms with Gasteiger partial charge in [-0.2, -0.15) is 5.10 Å². The lowest BCUT2D eigenvalue weighted by molar-refractivity contribution is 0.0993. The highest BCUT2D eigenvalue weighted by atomic mass is 16.1. The van der Waals surface area contributed by atoms with Crippen LogP contribution in [0.3, 0.4) is 0 Å². The van der Waals surface area contributed by atoms with Crippen LogP contribution in [0.25, 0.3) is 33.3 Å². The van der Waals surface area contributed by atoms with Crippen LogP contribution in [0, 0.1) is 6.85 Å². The van der Waals surface area contributed by atoms with Gasteiger partial charge in [-0.05, 0) is 12.9 Å². The van der Waals surface area contributed by atoms with Crippen molar-refractivity contribution in [2.45, 2.75) is 6.85 Å². The van der Waals surface area contributed by atoms with Crippen LogP contribution in [0.4, 0.5) is 0 Å². The van der Waals surface area contributed by atoms with Gasteiger partial charge in [0.2, 0.25) is 0 Å². The third kappa shape index (κ3) is 1.76. The summed E-state index contributed by atoms with van der Waals surface area (Å²) >= 11 is 0. The first kappa shape index (κ1) is 8.42. The molecule has 4 aromatic rings. The summed E-state index contributed by atoms with van der Waals surface area (Å²) in [5, 5.41) is 11.5. The summed E-state index contributed by atoms with van der Waals surface area (Å²) < 4.78 is 47.4. The molecule has 4 rings (SSSR count). The molecule has 0 saturated carbocycles. The number of hydrogen-bond donors (Lipinski definition) is 2. The van der Waals surface area contributed by atoms with E-state index in [1.165, 1.54) is 10.9 Å². The second-order valence-corrected chi connectivity index (χ2v) is 5.00. The van der Waals surface area contributed by atoms with Gasteiger partial charge < -0.3 is 10.7 Å². The number of rotatable bonds is 2. The van der Waals surface area contributed by atoms with Crippen LogP contribution >= 0.6 is 0 Å². The standard InChI is InChI=1S/C14H14N8O/c1-6-12(22(3)20-18-6)7-4-8-9(16-5-7)10-11(17-8)13(14(15)23)21(2)19-10/h4-5,17H,1-3H3,(H2,15,23)/i1D3,2D3. The molecule has 4 heterocycles. The number of nitrogens with zero attached hydrogens (tertiary/aromatic N) is 6. The predicted octanol–water partition coefficient (Wildman–Crippen LogP) is 0.652. The van der Waals surface area contributed by atoms with Crippen LogP contribution in [0.5, 0.6) is 0 Å². The number of pyridine rings is 1. The molecule has 9 nitrogen and oxygen atoms in total. The number of primary amides is 1. The van der Waals surface area contributed by atoms with E-state index in [-0.39, 0.29) is 28.1 Å². The van der Waals surface area contributed by atoms with Crippen LogP contribution in [0.2, 0.25) is 0 Å². The summed E-state index contributed by atoms with van der Waals surface area (Å²) in [6.45, 7) is -5.18. The maximum absolute atomic E-state index is 11.9. The van der Waals surface area contributed by atoms with Crippen molar-refractivity contribution in [3.05, 3.63) is 23.7 Å². The third-order valence-electron chi connectivity index (χ3n) is 3.59. The van der Waals surface area contributed by atoms with E-state index in [4.69, 9.17) is 14.0 Å². The summed E-state index contributed by atoms with van der Waals surface area (Å²) in [4.78, 5) is 19.1. The van der Waals surface area contributed by atoms with Crippen molar-refractivity contribution in [3.63, 3.8) is 0 Å². The smallest absolute Gasteiger partial charge is 0.269 e. The lowest BCUT2D eigenvalue weighted by Gasteiger charge is -2.02. The number of hydrogen-bond acceptors (Lipinski definition) is 5. The minimum Gasteiger partial charge on any atom is -0.364 e. The van der Waals surface area contributed by atoms with E-state index >= 15 is 0 Å². The fourth-order valence-corrected chi connectivity index (χ4v) is 2.62. The number of carbonyl (C=O) groups is 1. The zero-order chi connectivity index (χ0) is 21.3. The van der Waals surface area contributed by atoms with Gasteiger partial charge in [-0.25, -0.2) is 4.68 Å². The Bertz CT molecular complexity index is 1280. The van der Waals surface area contributed by atoms with Crippen molar-refractivity contribution in [2.24, 2.45) is 19.8 Å². The summed E-state index contributed by atoms with van der Waals surface area (Å²) in [5.41, 5.74) is 6.58. The van der Waals surface area contributed by atoms with E-state index in [2.05, 4.69) is 25.4 Å². The Balaban J connectivity index is 1.97. The molecule has 1 amide bonds. The third-order valence-corrected chi connectivity index (χ3v) is 3.59. The average molecular weight is 316 g/mol. The number of carbonyl (C=O) groups excluding carboxylic acids is 1. The van der Waals surface area contributed by atoms with Crippen LogP contribution in [-0.4, -0.2) is 40.6 Å². The molecule has 0 saturated heterocycles. The maximum Gasteiger partial charge on any atom is 0.269 e. The van der Waals surface area contributed by atoms with Crippen LogP contribution in [0.1, 0.15) is 24.4 Å². The molecule has 0 aliphatic rings. The van der Waals surface area contributed by atoms with Gasteiger partial charge in [-0.3, -0.25) is 14.5 Å². The molecule has 4 aromatic heterocycles. The highest BCUT2D eigenvalue weighted by Gasteiger charge is 2.20. The number of nitrogens with two attached hydrogens (primary N) is 1. The number of fused-ring (bicyclic) bond motifs is 3. The summed E-state index contributed by atoms with van der Waals surface area (Å²) in [6.07, 6.45) is 1.40. The number of amides is 1. The molecule has 0 atom stereocenters. The Morgan fingerprint density at radius 1 is 1.39 bits per heavy atom. The summed E-state index contributed by atoms with van der Waals surface area (Å²) in [5.74, 6) is -0.962. The van der Waals surface area contributed by atoms with Gasteiger partial charge in [0.25, 0.3) is 5.91 Å². The van der Waals surface area contributed by atoms with Crippen LogP contribution in [-0.2, 0) is 14.0 Å². The van der Waals surface area contributed by atoms with E-state index in [0.29, 0.717) is 21.3 Å². The SMILES string of the molecule is [2H]C([2H])([2H])c1nnn(C)c1-c1cnc2c(c1)[nH]c1c(C(N)=O)n(C([2H])([2H])[2H])nc12. The van der Waals surface area contributed by atoms with Crippen molar-refractivity contribution < 1.29 is 13.0 Å². The Labute approximate surface area is 138 Å². The van der Waals surface area contributed by atoms with Gasteiger partial charge in [0.05, 0.1) is 16.9 Å². The first-order chi connectivity index (χ1) is 13.4. The zero-order valence-electron chi connectivity index (χ0n) is 17.8. The lowest BCUT2D eigenvalue weighted by atomic mass is 10.1. The normalized spacial score (nSPS) is 16.6. The first-order valence-electron chi connectivity index (χ1n) is 9.51.